The largest absolute Gasteiger partial charge is 0.343 e. The van der Waals surface area contributed by atoms with E-state index in [9.17, 15) is 0 Å². The Labute approximate surface area is 108 Å². The van der Waals surface area contributed by atoms with Crippen LogP contribution < -0.4 is 0 Å². The molecule has 0 unspecified atom stereocenters. The average Bonchev–Trinajstić information content (AvgIpc) is 2.73. The molecule has 3 aromatic rings. The van der Waals surface area contributed by atoms with Crippen LogP contribution in [0.1, 0.15) is 12.5 Å². The molecule has 0 amide bonds. The highest BCUT2D eigenvalue weighted by Gasteiger charge is 2.14. The van der Waals surface area contributed by atoms with E-state index in [0.717, 1.165) is 0 Å². The van der Waals surface area contributed by atoms with Gasteiger partial charge in [0.15, 0.2) is 0 Å². The summed E-state index contributed by atoms with van der Waals surface area (Å²) in [6.45, 7) is 2.11. The van der Waals surface area contributed by atoms with Crippen LogP contribution in [0.15, 0.2) is 54.6 Å². The second-order valence-electron chi connectivity index (χ2n) is 4.49. The third-order valence-corrected chi connectivity index (χ3v) is 3.48. The van der Waals surface area contributed by atoms with E-state index >= 15 is 0 Å². The molecule has 1 heterocycles. The highest BCUT2D eigenvalue weighted by atomic mass is 14.9. The Balaban J connectivity index is 2.38. The van der Waals surface area contributed by atoms with E-state index in [2.05, 4.69) is 79.6 Å². The van der Waals surface area contributed by atoms with Gasteiger partial charge in [0.1, 0.15) is 0 Å². The molecule has 0 aliphatic rings. The normalized spacial score (nSPS) is 11.0. The Morgan fingerprint density at radius 3 is 2.28 bits per heavy atom. The first-order valence-corrected chi connectivity index (χ1v) is 6.25. The van der Waals surface area contributed by atoms with Crippen LogP contribution in [-0.2, 0) is 7.05 Å². The SMILES string of the molecule is C[CH]c1c(-c2ccccc2)n(C)c2ccccc12. The number of nitrogens with zero attached hydrogens (tertiary/aromatic N) is 1. The Hall–Kier alpha value is -2.02. The maximum absolute atomic E-state index is 2.28. The topological polar surface area (TPSA) is 4.93 Å². The third kappa shape index (κ3) is 1.55. The number of aryl methyl sites for hydroxylation is 1. The Morgan fingerprint density at radius 1 is 0.889 bits per heavy atom. The zero-order valence-corrected chi connectivity index (χ0v) is 10.7. The minimum absolute atomic E-state index is 1.27. The van der Waals surface area contributed by atoms with Crippen molar-refractivity contribution in [3.05, 3.63) is 66.6 Å². The highest BCUT2D eigenvalue weighted by Crippen LogP contribution is 2.33. The lowest BCUT2D eigenvalue weighted by Gasteiger charge is -2.06. The van der Waals surface area contributed by atoms with Gasteiger partial charge >= 0.3 is 0 Å². The van der Waals surface area contributed by atoms with Gasteiger partial charge in [-0.15, -0.1) is 0 Å². The quantitative estimate of drug-likeness (QED) is 0.618. The summed E-state index contributed by atoms with van der Waals surface area (Å²) in [4.78, 5) is 0. The number of fused-ring (bicyclic) bond motifs is 1. The molecular formula is C17H16N. The van der Waals surface area contributed by atoms with Gasteiger partial charge in [-0.1, -0.05) is 55.5 Å². The van der Waals surface area contributed by atoms with Gasteiger partial charge in [0, 0.05) is 18.0 Å². The van der Waals surface area contributed by atoms with Crippen molar-refractivity contribution >= 4 is 10.9 Å². The van der Waals surface area contributed by atoms with E-state index in [1.54, 1.807) is 0 Å². The molecule has 1 radical (unpaired) electrons. The maximum Gasteiger partial charge on any atom is 0.0524 e. The second kappa shape index (κ2) is 4.34. The number of aromatic nitrogens is 1. The molecule has 0 saturated heterocycles. The van der Waals surface area contributed by atoms with Gasteiger partial charge < -0.3 is 4.57 Å². The monoisotopic (exact) mass is 234 g/mol. The molecule has 1 aromatic heterocycles. The van der Waals surface area contributed by atoms with Crippen molar-refractivity contribution in [2.75, 3.05) is 0 Å². The van der Waals surface area contributed by atoms with Crippen LogP contribution in [0.2, 0.25) is 0 Å². The van der Waals surface area contributed by atoms with Gasteiger partial charge in [-0.2, -0.15) is 0 Å². The highest BCUT2D eigenvalue weighted by molar-refractivity contribution is 5.93. The smallest absolute Gasteiger partial charge is 0.0524 e. The fourth-order valence-electron chi connectivity index (χ4n) is 2.66. The van der Waals surface area contributed by atoms with E-state index in [-0.39, 0.29) is 0 Å². The van der Waals surface area contributed by atoms with Crippen molar-refractivity contribution in [2.45, 2.75) is 6.92 Å². The number of benzene rings is 2. The number of rotatable bonds is 2. The first-order chi connectivity index (χ1) is 8.83. The fraction of sp³-hybridized carbons (Fsp3) is 0.118. The van der Waals surface area contributed by atoms with Crippen molar-refractivity contribution in [1.29, 1.82) is 0 Å². The van der Waals surface area contributed by atoms with Crippen LogP contribution in [0, 0.1) is 6.42 Å². The molecule has 0 N–H and O–H groups in total. The van der Waals surface area contributed by atoms with Crippen LogP contribution in [0.25, 0.3) is 22.2 Å². The number of hydrogen-bond acceptors (Lipinski definition) is 0. The lowest BCUT2D eigenvalue weighted by molar-refractivity contribution is 0.974. The zero-order valence-electron chi connectivity index (χ0n) is 10.7. The molecule has 18 heavy (non-hydrogen) atoms. The van der Waals surface area contributed by atoms with E-state index in [1.807, 2.05) is 0 Å². The van der Waals surface area contributed by atoms with E-state index in [4.69, 9.17) is 0 Å². The molecule has 1 heteroatoms. The summed E-state index contributed by atoms with van der Waals surface area (Å²) in [5, 5.41) is 1.32. The molecule has 0 saturated carbocycles. The Morgan fingerprint density at radius 2 is 1.56 bits per heavy atom. The summed E-state index contributed by atoms with van der Waals surface area (Å²) in [7, 11) is 2.14. The summed E-state index contributed by atoms with van der Waals surface area (Å²) in [5.41, 5.74) is 5.16. The first kappa shape index (κ1) is 11.1. The molecule has 89 valence electrons. The number of para-hydroxylation sites is 1. The lowest BCUT2D eigenvalue weighted by Crippen LogP contribution is -1.92. The van der Waals surface area contributed by atoms with Gasteiger partial charge in [0.25, 0.3) is 0 Å². The predicted octanol–water partition coefficient (Wildman–Crippen LogP) is 4.42. The van der Waals surface area contributed by atoms with E-state index in [0.29, 0.717) is 0 Å². The number of hydrogen-bond donors (Lipinski definition) is 0. The van der Waals surface area contributed by atoms with E-state index in [1.165, 1.54) is 27.7 Å². The zero-order chi connectivity index (χ0) is 12.5. The van der Waals surface area contributed by atoms with Crippen molar-refractivity contribution in [1.82, 2.24) is 4.57 Å². The molecule has 0 fully saturated rings. The predicted molar refractivity (Wildman–Crippen MR) is 77.4 cm³/mol. The average molecular weight is 234 g/mol. The lowest BCUT2D eigenvalue weighted by atomic mass is 10.0. The van der Waals surface area contributed by atoms with Crippen molar-refractivity contribution in [3.8, 4) is 11.3 Å². The minimum Gasteiger partial charge on any atom is -0.343 e. The summed E-state index contributed by atoms with van der Waals surface area (Å²) in [5.74, 6) is 0. The molecule has 0 aliphatic heterocycles. The van der Waals surface area contributed by atoms with E-state index < -0.39 is 0 Å². The molecule has 2 aromatic carbocycles. The summed E-state index contributed by atoms with van der Waals surface area (Å²) in [6, 6.07) is 19.1. The molecule has 0 spiro atoms. The fourth-order valence-corrected chi connectivity index (χ4v) is 2.66. The Kier molecular flexibility index (Phi) is 2.67. The minimum atomic E-state index is 1.27. The van der Waals surface area contributed by atoms with Crippen LogP contribution in [0.5, 0.6) is 0 Å². The maximum atomic E-state index is 2.28. The van der Waals surface area contributed by atoms with Gasteiger partial charge in [0.05, 0.1) is 5.69 Å². The molecule has 3 rings (SSSR count). The molecule has 0 atom stereocenters. The van der Waals surface area contributed by atoms with Gasteiger partial charge in [-0.3, -0.25) is 0 Å². The van der Waals surface area contributed by atoms with Crippen LogP contribution in [0.4, 0.5) is 0 Å². The molecular weight excluding hydrogens is 218 g/mol. The van der Waals surface area contributed by atoms with Crippen LogP contribution >= 0.6 is 0 Å². The molecule has 0 aliphatic carbocycles. The summed E-state index contributed by atoms with van der Waals surface area (Å²) < 4.78 is 2.28. The van der Waals surface area contributed by atoms with Crippen molar-refractivity contribution < 1.29 is 0 Å². The van der Waals surface area contributed by atoms with Gasteiger partial charge in [-0.25, -0.2) is 0 Å². The summed E-state index contributed by atoms with van der Waals surface area (Å²) in [6.07, 6.45) is 2.20. The molecule has 1 nitrogen and oxygen atoms in total. The van der Waals surface area contributed by atoms with Crippen molar-refractivity contribution in [2.24, 2.45) is 7.05 Å². The van der Waals surface area contributed by atoms with Crippen LogP contribution in [-0.4, -0.2) is 4.57 Å². The summed E-state index contributed by atoms with van der Waals surface area (Å²) >= 11 is 0. The molecule has 0 bridgehead atoms. The van der Waals surface area contributed by atoms with Gasteiger partial charge in [0.2, 0.25) is 0 Å². The standard InChI is InChI=1S/C17H16N/c1-3-14-15-11-7-8-12-16(15)18(2)17(14)13-9-5-4-6-10-13/h3-12H,1-2H3. The third-order valence-electron chi connectivity index (χ3n) is 3.48. The van der Waals surface area contributed by atoms with Crippen molar-refractivity contribution in [3.63, 3.8) is 0 Å². The second-order valence-corrected chi connectivity index (χ2v) is 4.49. The first-order valence-electron chi connectivity index (χ1n) is 6.25. The van der Waals surface area contributed by atoms with Crippen LogP contribution in [0.3, 0.4) is 0 Å². The Bertz CT molecular complexity index is 677. The van der Waals surface area contributed by atoms with Gasteiger partial charge in [-0.05, 0) is 23.6 Å².